The third-order valence-corrected chi connectivity index (χ3v) is 3.70. The molecule has 2 amide bonds. The van der Waals surface area contributed by atoms with Gasteiger partial charge in [-0.05, 0) is 30.9 Å². The summed E-state index contributed by atoms with van der Waals surface area (Å²) in [5.41, 5.74) is 0. The Morgan fingerprint density at radius 2 is 2.25 bits per heavy atom. The molecule has 1 unspecified atom stereocenters. The second kappa shape index (κ2) is 6.91. The van der Waals surface area contributed by atoms with Crippen LogP contribution in [0.4, 0.5) is 0 Å². The first kappa shape index (κ1) is 13.5. The van der Waals surface area contributed by atoms with Crippen LogP contribution in [0.5, 0.6) is 0 Å². The van der Waals surface area contributed by atoms with Crippen molar-refractivity contribution >= 4 is 23.6 Å². The first-order valence-corrected chi connectivity index (χ1v) is 6.93. The lowest BCUT2D eigenvalue weighted by atomic mass is 10.0. The molecule has 1 heterocycles. The Bertz CT molecular complexity index is 258. The Morgan fingerprint density at radius 1 is 1.50 bits per heavy atom. The van der Waals surface area contributed by atoms with Gasteiger partial charge in [0.15, 0.2) is 0 Å². The van der Waals surface area contributed by atoms with E-state index in [0.29, 0.717) is 12.8 Å². The van der Waals surface area contributed by atoms with E-state index in [1.807, 2.05) is 11.8 Å². The van der Waals surface area contributed by atoms with Crippen LogP contribution in [0.1, 0.15) is 26.2 Å². The predicted octanol–water partition coefficient (Wildman–Crippen LogP) is 0.867. The van der Waals surface area contributed by atoms with E-state index in [2.05, 4.69) is 12.2 Å². The van der Waals surface area contributed by atoms with Gasteiger partial charge in [-0.3, -0.25) is 14.5 Å². The van der Waals surface area contributed by atoms with Gasteiger partial charge in [0.2, 0.25) is 11.8 Å². The minimum absolute atomic E-state index is 0.0652. The summed E-state index contributed by atoms with van der Waals surface area (Å²) < 4.78 is 0. The number of hydrogen-bond donors (Lipinski definition) is 1. The van der Waals surface area contributed by atoms with Crippen molar-refractivity contribution in [1.29, 1.82) is 0 Å². The molecule has 1 saturated heterocycles. The molecule has 1 N–H and O–H groups in total. The van der Waals surface area contributed by atoms with Crippen molar-refractivity contribution in [3.8, 4) is 0 Å². The SMILES string of the molecule is CCSCCCNC1CCC(=O)N(C)C1=O. The Morgan fingerprint density at radius 3 is 2.94 bits per heavy atom. The third kappa shape index (κ3) is 3.79. The molecule has 0 saturated carbocycles. The van der Waals surface area contributed by atoms with Crippen LogP contribution >= 0.6 is 11.8 Å². The maximum absolute atomic E-state index is 11.7. The van der Waals surface area contributed by atoms with Gasteiger partial charge in [0, 0.05) is 13.5 Å². The van der Waals surface area contributed by atoms with Gasteiger partial charge in [0.25, 0.3) is 0 Å². The van der Waals surface area contributed by atoms with E-state index in [0.717, 1.165) is 24.5 Å². The van der Waals surface area contributed by atoms with E-state index in [4.69, 9.17) is 0 Å². The number of nitrogens with zero attached hydrogens (tertiary/aromatic N) is 1. The maximum atomic E-state index is 11.7. The summed E-state index contributed by atoms with van der Waals surface area (Å²) in [7, 11) is 1.56. The van der Waals surface area contributed by atoms with E-state index < -0.39 is 0 Å². The molecule has 1 fully saturated rings. The molecule has 0 aromatic heterocycles. The molecule has 1 aliphatic rings. The summed E-state index contributed by atoms with van der Waals surface area (Å²) in [4.78, 5) is 24.2. The molecule has 5 heteroatoms. The standard InChI is InChI=1S/C11H20N2O2S/c1-3-16-8-4-7-12-9-5-6-10(14)13(2)11(9)15/h9,12H,3-8H2,1-2H3. The first-order chi connectivity index (χ1) is 7.66. The van der Waals surface area contributed by atoms with Gasteiger partial charge in [-0.25, -0.2) is 0 Å². The third-order valence-electron chi connectivity index (χ3n) is 2.71. The molecule has 0 aromatic rings. The molecule has 0 bridgehead atoms. The summed E-state index contributed by atoms with van der Waals surface area (Å²) in [5, 5.41) is 3.22. The van der Waals surface area contributed by atoms with Crippen LogP contribution in [-0.2, 0) is 9.59 Å². The van der Waals surface area contributed by atoms with Crippen molar-refractivity contribution < 1.29 is 9.59 Å². The van der Waals surface area contributed by atoms with E-state index in [1.165, 1.54) is 4.90 Å². The molecule has 1 atom stereocenters. The second-order valence-corrected chi connectivity index (χ2v) is 5.28. The van der Waals surface area contributed by atoms with Crippen molar-refractivity contribution in [3.05, 3.63) is 0 Å². The zero-order valence-electron chi connectivity index (χ0n) is 9.99. The van der Waals surface area contributed by atoms with E-state index in [-0.39, 0.29) is 17.9 Å². The van der Waals surface area contributed by atoms with Crippen LogP contribution in [0.25, 0.3) is 0 Å². The molecule has 92 valence electrons. The molecule has 1 rings (SSSR count). The zero-order chi connectivity index (χ0) is 12.0. The van der Waals surface area contributed by atoms with E-state index >= 15 is 0 Å². The highest BCUT2D eigenvalue weighted by atomic mass is 32.2. The Balaban J connectivity index is 2.22. The minimum atomic E-state index is -0.158. The number of amides is 2. The number of likely N-dealkylation sites (tertiary alicyclic amines) is 1. The average molecular weight is 244 g/mol. The lowest BCUT2D eigenvalue weighted by Gasteiger charge is -2.28. The summed E-state index contributed by atoms with van der Waals surface area (Å²) in [6, 6.07) is -0.158. The predicted molar refractivity (Wildman–Crippen MR) is 66.4 cm³/mol. The van der Waals surface area contributed by atoms with Crippen LogP contribution in [0.2, 0.25) is 0 Å². The maximum Gasteiger partial charge on any atom is 0.246 e. The zero-order valence-corrected chi connectivity index (χ0v) is 10.8. The molecule has 0 aliphatic carbocycles. The number of rotatable bonds is 6. The van der Waals surface area contributed by atoms with Crippen LogP contribution in [-0.4, -0.2) is 47.9 Å². The monoisotopic (exact) mass is 244 g/mol. The number of carbonyl (C=O) groups excluding carboxylic acids is 2. The lowest BCUT2D eigenvalue weighted by Crippen LogP contribution is -2.51. The molecule has 16 heavy (non-hydrogen) atoms. The topological polar surface area (TPSA) is 49.4 Å². The minimum Gasteiger partial charge on any atom is -0.306 e. The van der Waals surface area contributed by atoms with Crippen LogP contribution in [0.15, 0.2) is 0 Å². The summed E-state index contributed by atoms with van der Waals surface area (Å²) in [5.74, 6) is 2.11. The Hall–Kier alpha value is -0.550. The lowest BCUT2D eigenvalue weighted by molar-refractivity contribution is -0.148. The number of carbonyl (C=O) groups is 2. The van der Waals surface area contributed by atoms with Crippen molar-refractivity contribution in [2.75, 3.05) is 25.1 Å². The largest absolute Gasteiger partial charge is 0.306 e. The highest BCUT2D eigenvalue weighted by molar-refractivity contribution is 7.99. The number of imide groups is 1. The second-order valence-electron chi connectivity index (χ2n) is 3.89. The first-order valence-electron chi connectivity index (χ1n) is 5.78. The Labute approximate surface area is 101 Å². The smallest absolute Gasteiger partial charge is 0.246 e. The van der Waals surface area contributed by atoms with Crippen molar-refractivity contribution in [1.82, 2.24) is 10.2 Å². The van der Waals surface area contributed by atoms with E-state index in [9.17, 15) is 9.59 Å². The van der Waals surface area contributed by atoms with Gasteiger partial charge in [-0.15, -0.1) is 0 Å². The average Bonchev–Trinajstić information content (AvgIpc) is 2.28. The number of thioether (sulfide) groups is 1. The fourth-order valence-electron chi connectivity index (χ4n) is 1.70. The molecule has 0 spiro atoms. The molecule has 0 aromatic carbocycles. The highest BCUT2D eigenvalue weighted by Crippen LogP contribution is 2.11. The number of hydrogen-bond acceptors (Lipinski definition) is 4. The molecular formula is C11H20N2O2S. The van der Waals surface area contributed by atoms with Gasteiger partial charge in [0.05, 0.1) is 6.04 Å². The molecule has 4 nitrogen and oxygen atoms in total. The van der Waals surface area contributed by atoms with Gasteiger partial charge in [-0.1, -0.05) is 6.92 Å². The van der Waals surface area contributed by atoms with Gasteiger partial charge in [-0.2, -0.15) is 11.8 Å². The van der Waals surface area contributed by atoms with Crippen LogP contribution < -0.4 is 5.32 Å². The van der Waals surface area contributed by atoms with Crippen LogP contribution in [0, 0.1) is 0 Å². The highest BCUT2D eigenvalue weighted by Gasteiger charge is 2.30. The fraction of sp³-hybridized carbons (Fsp3) is 0.818. The number of likely N-dealkylation sites (N-methyl/N-ethyl adjacent to an activating group) is 1. The van der Waals surface area contributed by atoms with E-state index in [1.54, 1.807) is 7.05 Å². The van der Waals surface area contributed by atoms with Gasteiger partial charge in [0.1, 0.15) is 0 Å². The normalized spacial score (nSPS) is 21.6. The Kier molecular flexibility index (Phi) is 5.84. The molecule has 0 radical (unpaired) electrons. The van der Waals surface area contributed by atoms with Crippen molar-refractivity contribution in [2.24, 2.45) is 0 Å². The molecular weight excluding hydrogens is 224 g/mol. The summed E-state index contributed by atoms with van der Waals surface area (Å²) in [6.45, 7) is 2.99. The van der Waals surface area contributed by atoms with Crippen molar-refractivity contribution in [2.45, 2.75) is 32.2 Å². The summed E-state index contributed by atoms with van der Waals surface area (Å²) >= 11 is 1.91. The fourth-order valence-corrected chi connectivity index (χ4v) is 2.34. The van der Waals surface area contributed by atoms with Gasteiger partial charge >= 0.3 is 0 Å². The van der Waals surface area contributed by atoms with Crippen molar-refractivity contribution in [3.63, 3.8) is 0 Å². The number of nitrogens with one attached hydrogen (secondary N) is 1. The summed E-state index contributed by atoms with van der Waals surface area (Å²) in [6.07, 6.45) is 2.19. The number of piperidine rings is 1. The van der Waals surface area contributed by atoms with Gasteiger partial charge < -0.3 is 5.32 Å². The molecule has 1 aliphatic heterocycles. The quantitative estimate of drug-likeness (QED) is 0.556. The van der Waals surface area contributed by atoms with Crippen LogP contribution in [0.3, 0.4) is 0 Å².